The summed E-state index contributed by atoms with van der Waals surface area (Å²) in [6.07, 6.45) is 1.27. The van der Waals surface area contributed by atoms with Crippen LogP contribution in [0.5, 0.6) is 0 Å². The Morgan fingerprint density at radius 3 is 2.88 bits per heavy atom. The standard InChI is InChI=1S/C9H6ClN3O2S2/c1-4-12-9(17-13-4)16-7-6(10)2-5(3-11-7)8(14)15/h2-3H,1H3,(H,14,15). The molecule has 2 rings (SSSR count). The smallest absolute Gasteiger partial charge is 0.337 e. The molecule has 0 saturated heterocycles. The number of pyridine rings is 1. The highest BCUT2D eigenvalue weighted by molar-refractivity contribution is 8.01. The van der Waals surface area contributed by atoms with E-state index in [0.29, 0.717) is 15.9 Å². The second kappa shape index (κ2) is 4.99. The molecule has 0 aliphatic heterocycles. The van der Waals surface area contributed by atoms with Crippen LogP contribution >= 0.6 is 34.9 Å². The van der Waals surface area contributed by atoms with Gasteiger partial charge in [0.05, 0.1) is 10.6 Å². The Balaban J connectivity index is 2.25. The Bertz CT molecular complexity index is 573. The molecule has 0 radical (unpaired) electrons. The molecule has 0 amide bonds. The highest BCUT2D eigenvalue weighted by Crippen LogP contribution is 2.32. The second-order valence-electron chi connectivity index (χ2n) is 3.03. The number of halogens is 1. The molecule has 2 aromatic rings. The van der Waals surface area contributed by atoms with Gasteiger partial charge in [-0.25, -0.2) is 14.8 Å². The number of aromatic nitrogens is 3. The zero-order valence-corrected chi connectivity index (χ0v) is 10.9. The lowest BCUT2D eigenvalue weighted by molar-refractivity contribution is 0.0696. The molecule has 0 aliphatic rings. The minimum atomic E-state index is -1.05. The third-order valence-electron chi connectivity index (χ3n) is 1.75. The van der Waals surface area contributed by atoms with Crippen molar-refractivity contribution in [3.8, 4) is 0 Å². The summed E-state index contributed by atoms with van der Waals surface area (Å²) in [7, 11) is 0. The fourth-order valence-corrected chi connectivity index (χ4v) is 2.83. The molecule has 0 saturated carbocycles. The molecule has 0 spiro atoms. The molecule has 0 unspecified atom stereocenters. The van der Waals surface area contributed by atoms with Gasteiger partial charge in [0, 0.05) is 6.20 Å². The SMILES string of the molecule is Cc1nsc(Sc2ncc(C(=O)O)cc2Cl)n1. The second-order valence-corrected chi connectivity index (χ2v) is 5.42. The lowest BCUT2D eigenvalue weighted by Crippen LogP contribution is -1.97. The Morgan fingerprint density at radius 1 is 1.59 bits per heavy atom. The summed E-state index contributed by atoms with van der Waals surface area (Å²) >= 11 is 8.45. The van der Waals surface area contributed by atoms with Crippen molar-refractivity contribution >= 4 is 40.9 Å². The van der Waals surface area contributed by atoms with Gasteiger partial charge in [-0.15, -0.1) is 0 Å². The molecular formula is C9H6ClN3O2S2. The number of aryl methyl sites for hydroxylation is 1. The predicted molar refractivity (Wildman–Crippen MR) is 65.0 cm³/mol. The lowest BCUT2D eigenvalue weighted by atomic mass is 10.3. The first-order chi connectivity index (χ1) is 8.06. The van der Waals surface area contributed by atoms with E-state index in [4.69, 9.17) is 16.7 Å². The minimum Gasteiger partial charge on any atom is -0.478 e. The van der Waals surface area contributed by atoms with Crippen LogP contribution in [0.15, 0.2) is 21.6 Å². The summed E-state index contributed by atoms with van der Waals surface area (Å²) in [5.74, 6) is -0.363. The van der Waals surface area contributed by atoms with Crippen LogP contribution in [-0.4, -0.2) is 25.4 Å². The first kappa shape index (κ1) is 12.3. The highest BCUT2D eigenvalue weighted by Gasteiger charge is 2.11. The van der Waals surface area contributed by atoms with Gasteiger partial charge in [0.1, 0.15) is 10.9 Å². The summed E-state index contributed by atoms with van der Waals surface area (Å²) in [6, 6.07) is 1.37. The topological polar surface area (TPSA) is 76.0 Å². The van der Waals surface area contributed by atoms with Crippen LogP contribution in [0.2, 0.25) is 5.02 Å². The number of rotatable bonds is 3. The zero-order valence-electron chi connectivity index (χ0n) is 8.55. The molecule has 0 aliphatic carbocycles. The van der Waals surface area contributed by atoms with Gasteiger partial charge in [-0.1, -0.05) is 11.6 Å². The third-order valence-corrected chi connectivity index (χ3v) is 4.01. The lowest BCUT2D eigenvalue weighted by Gasteiger charge is -2.00. The van der Waals surface area contributed by atoms with Crippen molar-refractivity contribution in [2.45, 2.75) is 16.3 Å². The average molecular weight is 288 g/mol. The number of carbonyl (C=O) groups is 1. The number of nitrogens with zero attached hydrogens (tertiary/aromatic N) is 3. The molecule has 2 heterocycles. The molecule has 0 fully saturated rings. The van der Waals surface area contributed by atoms with Crippen molar-refractivity contribution < 1.29 is 9.90 Å². The number of carboxylic acids is 1. The van der Waals surface area contributed by atoms with Crippen molar-refractivity contribution in [2.75, 3.05) is 0 Å². The monoisotopic (exact) mass is 287 g/mol. The maximum Gasteiger partial charge on any atom is 0.337 e. The van der Waals surface area contributed by atoms with E-state index in [1.54, 1.807) is 6.92 Å². The molecule has 0 atom stereocenters. The maximum atomic E-state index is 10.7. The van der Waals surface area contributed by atoms with Crippen molar-refractivity contribution in [3.05, 3.63) is 28.7 Å². The van der Waals surface area contributed by atoms with Crippen molar-refractivity contribution in [3.63, 3.8) is 0 Å². The van der Waals surface area contributed by atoms with Gasteiger partial charge >= 0.3 is 5.97 Å². The van der Waals surface area contributed by atoms with Crippen LogP contribution in [0, 0.1) is 6.92 Å². The molecule has 88 valence electrons. The maximum absolute atomic E-state index is 10.7. The Hall–Kier alpha value is -1.18. The van der Waals surface area contributed by atoms with E-state index in [-0.39, 0.29) is 5.56 Å². The molecular weight excluding hydrogens is 282 g/mol. The Kier molecular flexibility index (Phi) is 3.60. The van der Waals surface area contributed by atoms with E-state index in [1.807, 2.05) is 0 Å². The van der Waals surface area contributed by atoms with Crippen molar-refractivity contribution in [1.29, 1.82) is 0 Å². The first-order valence-electron chi connectivity index (χ1n) is 4.43. The van der Waals surface area contributed by atoms with Crippen LogP contribution in [-0.2, 0) is 0 Å². The molecule has 0 bridgehead atoms. The van der Waals surface area contributed by atoms with Gasteiger partial charge in [0.25, 0.3) is 0 Å². The molecule has 1 N–H and O–H groups in total. The summed E-state index contributed by atoms with van der Waals surface area (Å²) in [4.78, 5) is 18.9. The Labute approximate surface area is 110 Å². The van der Waals surface area contributed by atoms with E-state index < -0.39 is 5.97 Å². The van der Waals surface area contributed by atoms with Crippen LogP contribution < -0.4 is 0 Å². The average Bonchev–Trinajstić information content (AvgIpc) is 2.67. The normalized spacial score (nSPS) is 10.5. The first-order valence-corrected chi connectivity index (χ1v) is 6.40. The fraction of sp³-hybridized carbons (Fsp3) is 0.111. The molecule has 8 heteroatoms. The summed E-state index contributed by atoms with van der Waals surface area (Å²) < 4.78 is 4.76. The van der Waals surface area contributed by atoms with Gasteiger partial charge in [-0.05, 0) is 36.3 Å². The van der Waals surface area contributed by atoms with Crippen molar-refractivity contribution in [2.24, 2.45) is 0 Å². The van der Waals surface area contributed by atoms with E-state index >= 15 is 0 Å². The summed E-state index contributed by atoms with van der Waals surface area (Å²) in [5.41, 5.74) is 0.0628. The largest absolute Gasteiger partial charge is 0.478 e. The van der Waals surface area contributed by atoms with Crippen LogP contribution in [0.25, 0.3) is 0 Å². The van der Waals surface area contributed by atoms with E-state index in [9.17, 15) is 4.79 Å². The Morgan fingerprint density at radius 2 is 2.35 bits per heavy atom. The zero-order chi connectivity index (χ0) is 12.4. The molecule has 17 heavy (non-hydrogen) atoms. The number of carboxylic acid groups (broad SMARTS) is 1. The van der Waals surface area contributed by atoms with E-state index in [1.165, 1.54) is 35.6 Å². The molecule has 0 aromatic carbocycles. The molecule has 5 nitrogen and oxygen atoms in total. The molecule has 2 aromatic heterocycles. The van der Waals surface area contributed by atoms with Crippen LogP contribution in [0.3, 0.4) is 0 Å². The summed E-state index contributed by atoms with van der Waals surface area (Å²) in [6.45, 7) is 1.79. The van der Waals surface area contributed by atoms with E-state index in [2.05, 4.69) is 14.3 Å². The van der Waals surface area contributed by atoms with E-state index in [0.717, 1.165) is 4.34 Å². The van der Waals surface area contributed by atoms with Gasteiger partial charge in [-0.3, -0.25) is 0 Å². The number of hydrogen-bond acceptors (Lipinski definition) is 6. The van der Waals surface area contributed by atoms with Gasteiger partial charge in [0.2, 0.25) is 0 Å². The van der Waals surface area contributed by atoms with Crippen molar-refractivity contribution in [1.82, 2.24) is 14.3 Å². The van der Waals surface area contributed by atoms with Gasteiger partial charge in [0.15, 0.2) is 4.34 Å². The predicted octanol–water partition coefficient (Wildman–Crippen LogP) is 2.74. The van der Waals surface area contributed by atoms with Crippen LogP contribution in [0.1, 0.15) is 16.2 Å². The quantitative estimate of drug-likeness (QED) is 0.935. The highest BCUT2D eigenvalue weighted by atomic mass is 35.5. The number of hydrogen-bond donors (Lipinski definition) is 1. The fourth-order valence-electron chi connectivity index (χ4n) is 1.02. The minimum absolute atomic E-state index is 0.0628. The van der Waals surface area contributed by atoms with Gasteiger partial charge < -0.3 is 5.11 Å². The van der Waals surface area contributed by atoms with Gasteiger partial charge in [-0.2, -0.15) is 4.37 Å². The number of aromatic carboxylic acids is 1. The van der Waals surface area contributed by atoms with Crippen LogP contribution in [0.4, 0.5) is 0 Å². The summed E-state index contributed by atoms with van der Waals surface area (Å²) in [5, 5.41) is 9.58. The third kappa shape index (κ3) is 2.93.